The minimum absolute atomic E-state index is 0.0950. The molecule has 3 aromatic heterocycles. The average molecular weight is 325 g/mol. The molecule has 0 spiro atoms. The number of anilines is 1. The normalized spacial score (nSPS) is 15.5. The van der Waals surface area contributed by atoms with E-state index in [4.69, 9.17) is 4.98 Å². The molecule has 0 aliphatic carbocycles. The summed E-state index contributed by atoms with van der Waals surface area (Å²) in [5.41, 5.74) is 2.86. The topological polar surface area (TPSA) is 66.3 Å². The number of imidazole rings is 1. The van der Waals surface area contributed by atoms with Crippen LogP contribution in [0.1, 0.15) is 44.1 Å². The van der Waals surface area contributed by atoms with E-state index >= 15 is 0 Å². The molecular weight excluding hydrogens is 302 g/mol. The van der Waals surface area contributed by atoms with E-state index in [1.807, 2.05) is 23.5 Å². The van der Waals surface area contributed by atoms with E-state index in [-0.39, 0.29) is 5.56 Å². The van der Waals surface area contributed by atoms with Crippen molar-refractivity contribution in [3.05, 3.63) is 34.0 Å². The molecular formula is C18H23N5O. The molecule has 0 bridgehead atoms. The van der Waals surface area contributed by atoms with Crippen molar-refractivity contribution in [2.24, 2.45) is 0 Å². The molecule has 6 heteroatoms. The number of nitrogens with one attached hydrogen (secondary N) is 1. The zero-order chi connectivity index (χ0) is 16.7. The van der Waals surface area contributed by atoms with Crippen molar-refractivity contribution in [1.82, 2.24) is 19.4 Å². The first-order valence-corrected chi connectivity index (χ1v) is 8.85. The number of aromatic nitrogens is 4. The Labute approximate surface area is 140 Å². The fourth-order valence-corrected chi connectivity index (χ4v) is 3.66. The Morgan fingerprint density at radius 1 is 1.17 bits per heavy atom. The minimum Gasteiger partial charge on any atom is -0.357 e. The van der Waals surface area contributed by atoms with Gasteiger partial charge in [0.15, 0.2) is 5.65 Å². The smallest absolute Gasteiger partial charge is 0.274 e. The van der Waals surface area contributed by atoms with Crippen LogP contribution < -0.4 is 10.5 Å². The summed E-state index contributed by atoms with van der Waals surface area (Å²) in [6.07, 6.45) is 5.54. The van der Waals surface area contributed by atoms with Gasteiger partial charge >= 0.3 is 0 Å². The number of piperidine rings is 1. The molecule has 0 atom stereocenters. The second-order valence-electron chi connectivity index (χ2n) is 6.59. The van der Waals surface area contributed by atoms with Gasteiger partial charge in [-0.05, 0) is 44.7 Å². The molecule has 4 heterocycles. The molecule has 0 aromatic carbocycles. The SMILES string of the molecule is CCCc1nc(C)c2c(=O)[nH]c3ccc(N4CCCCC4)nc3n12. The van der Waals surface area contributed by atoms with Crippen molar-refractivity contribution in [2.75, 3.05) is 18.0 Å². The van der Waals surface area contributed by atoms with Gasteiger partial charge in [0, 0.05) is 19.5 Å². The summed E-state index contributed by atoms with van der Waals surface area (Å²) >= 11 is 0. The molecule has 1 aliphatic rings. The maximum absolute atomic E-state index is 12.5. The van der Waals surface area contributed by atoms with Gasteiger partial charge in [0.1, 0.15) is 17.2 Å². The van der Waals surface area contributed by atoms with Gasteiger partial charge < -0.3 is 9.88 Å². The summed E-state index contributed by atoms with van der Waals surface area (Å²) in [7, 11) is 0. The third-order valence-electron chi connectivity index (χ3n) is 4.81. The van der Waals surface area contributed by atoms with Crippen LogP contribution in [0.2, 0.25) is 0 Å². The fraction of sp³-hybridized carbons (Fsp3) is 0.500. The van der Waals surface area contributed by atoms with Crippen LogP contribution in [0.25, 0.3) is 16.7 Å². The number of rotatable bonds is 3. The van der Waals surface area contributed by atoms with E-state index in [2.05, 4.69) is 21.8 Å². The zero-order valence-corrected chi connectivity index (χ0v) is 14.3. The largest absolute Gasteiger partial charge is 0.357 e. The molecule has 24 heavy (non-hydrogen) atoms. The van der Waals surface area contributed by atoms with Crippen molar-refractivity contribution >= 4 is 22.5 Å². The maximum Gasteiger partial charge on any atom is 0.274 e. The van der Waals surface area contributed by atoms with Crippen LogP contribution in [0.15, 0.2) is 16.9 Å². The Bertz CT molecular complexity index is 949. The standard InChI is InChI=1S/C18H23N5O/c1-3-7-15-19-12(2)16-18(24)20-13-8-9-14(21-17(13)23(15)16)22-10-5-4-6-11-22/h8-9H,3-7,10-11H2,1-2H3,(H,20,24). The van der Waals surface area contributed by atoms with Crippen molar-refractivity contribution in [1.29, 1.82) is 0 Å². The Balaban J connectivity index is 1.98. The second-order valence-corrected chi connectivity index (χ2v) is 6.59. The predicted molar refractivity (Wildman–Crippen MR) is 95.9 cm³/mol. The van der Waals surface area contributed by atoms with E-state index in [0.29, 0.717) is 5.52 Å². The lowest BCUT2D eigenvalue weighted by atomic mass is 10.1. The van der Waals surface area contributed by atoms with E-state index < -0.39 is 0 Å². The quantitative estimate of drug-likeness (QED) is 0.804. The van der Waals surface area contributed by atoms with Crippen LogP contribution >= 0.6 is 0 Å². The number of hydrogen-bond donors (Lipinski definition) is 1. The highest BCUT2D eigenvalue weighted by Gasteiger charge is 2.17. The summed E-state index contributed by atoms with van der Waals surface area (Å²) in [5.74, 6) is 1.91. The molecule has 0 unspecified atom stereocenters. The first-order chi connectivity index (χ1) is 11.7. The Kier molecular flexibility index (Phi) is 3.75. The van der Waals surface area contributed by atoms with Gasteiger partial charge in [-0.25, -0.2) is 9.97 Å². The lowest BCUT2D eigenvalue weighted by Crippen LogP contribution is -2.30. The highest BCUT2D eigenvalue weighted by Crippen LogP contribution is 2.22. The van der Waals surface area contributed by atoms with Crippen LogP contribution in [0.4, 0.5) is 5.82 Å². The molecule has 0 saturated carbocycles. The molecule has 1 N–H and O–H groups in total. The van der Waals surface area contributed by atoms with Gasteiger partial charge in [-0.1, -0.05) is 6.92 Å². The van der Waals surface area contributed by atoms with Gasteiger partial charge in [0.25, 0.3) is 5.56 Å². The Hall–Kier alpha value is -2.37. The molecule has 126 valence electrons. The van der Waals surface area contributed by atoms with Crippen molar-refractivity contribution in [2.45, 2.75) is 46.0 Å². The lowest BCUT2D eigenvalue weighted by Gasteiger charge is -2.27. The fourth-order valence-electron chi connectivity index (χ4n) is 3.66. The summed E-state index contributed by atoms with van der Waals surface area (Å²) in [4.78, 5) is 27.3. The van der Waals surface area contributed by atoms with Crippen LogP contribution in [-0.4, -0.2) is 32.4 Å². The molecule has 6 nitrogen and oxygen atoms in total. The first-order valence-electron chi connectivity index (χ1n) is 8.85. The van der Waals surface area contributed by atoms with Gasteiger partial charge in [-0.2, -0.15) is 0 Å². The van der Waals surface area contributed by atoms with E-state index in [0.717, 1.165) is 54.4 Å². The summed E-state index contributed by atoms with van der Waals surface area (Å²) in [5, 5.41) is 0. The van der Waals surface area contributed by atoms with E-state index in [1.165, 1.54) is 19.3 Å². The van der Waals surface area contributed by atoms with Gasteiger partial charge in [0.05, 0.1) is 11.2 Å². The first kappa shape index (κ1) is 15.2. The maximum atomic E-state index is 12.5. The number of nitrogens with zero attached hydrogens (tertiary/aromatic N) is 4. The minimum atomic E-state index is -0.0950. The van der Waals surface area contributed by atoms with Gasteiger partial charge in [-0.3, -0.25) is 9.20 Å². The monoisotopic (exact) mass is 325 g/mol. The van der Waals surface area contributed by atoms with E-state index in [1.54, 1.807) is 0 Å². The number of H-pyrrole nitrogens is 1. The third-order valence-corrected chi connectivity index (χ3v) is 4.81. The zero-order valence-electron chi connectivity index (χ0n) is 14.3. The van der Waals surface area contributed by atoms with Crippen molar-refractivity contribution in [3.63, 3.8) is 0 Å². The molecule has 3 aromatic rings. The molecule has 0 amide bonds. The summed E-state index contributed by atoms with van der Waals surface area (Å²) in [6, 6.07) is 3.98. The number of fused-ring (bicyclic) bond motifs is 3. The average Bonchev–Trinajstić information content (AvgIpc) is 2.93. The van der Waals surface area contributed by atoms with Crippen LogP contribution in [-0.2, 0) is 6.42 Å². The number of hydrogen-bond acceptors (Lipinski definition) is 4. The van der Waals surface area contributed by atoms with E-state index in [9.17, 15) is 4.79 Å². The summed E-state index contributed by atoms with van der Waals surface area (Å²) in [6.45, 7) is 6.12. The van der Waals surface area contributed by atoms with Crippen molar-refractivity contribution in [3.8, 4) is 0 Å². The van der Waals surface area contributed by atoms with Gasteiger partial charge in [0.2, 0.25) is 0 Å². The second kappa shape index (κ2) is 5.92. The Morgan fingerprint density at radius 3 is 2.71 bits per heavy atom. The predicted octanol–water partition coefficient (Wildman–Crippen LogP) is 2.82. The molecule has 1 fully saturated rings. The third kappa shape index (κ3) is 2.37. The molecule has 1 saturated heterocycles. The highest BCUT2D eigenvalue weighted by molar-refractivity contribution is 5.77. The number of aryl methyl sites for hydroxylation is 2. The Morgan fingerprint density at radius 2 is 1.96 bits per heavy atom. The van der Waals surface area contributed by atoms with Crippen LogP contribution in [0, 0.1) is 6.92 Å². The highest BCUT2D eigenvalue weighted by atomic mass is 16.1. The molecule has 1 aliphatic heterocycles. The number of pyridine rings is 1. The summed E-state index contributed by atoms with van der Waals surface area (Å²) < 4.78 is 1.96. The molecule has 0 radical (unpaired) electrons. The van der Waals surface area contributed by atoms with Crippen LogP contribution in [0.5, 0.6) is 0 Å². The van der Waals surface area contributed by atoms with Crippen LogP contribution in [0.3, 0.4) is 0 Å². The molecule has 4 rings (SSSR count). The van der Waals surface area contributed by atoms with Crippen molar-refractivity contribution < 1.29 is 0 Å². The number of aromatic amines is 1. The lowest BCUT2D eigenvalue weighted by molar-refractivity contribution is 0.574. The van der Waals surface area contributed by atoms with Gasteiger partial charge in [-0.15, -0.1) is 0 Å².